The molecule has 8 atom stereocenters. The van der Waals surface area contributed by atoms with Gasteiger partial charge in [0, 0.05) is 0 Å². The van der Waals surface area contributed by atoms with Crippen molar-refractivity contribution in [2.24, 2.45) is 23.7 Å². The Kier molecular flexibility index (Phi) is 4.50. The van der Waals surface area contributed by atoms with Crippen LogP contribution in [0.4, 0.5) is 0 Å². The van der Waals surface area contributed by atoms with Crippen molar-refractivity contribution in [2.45, 2.75) is 53.0 Å². The number of halogens is 2. The van der Waals surface area contributed by atoms with E-state index in [1.54, 1.807) is 20.8 Å². The van der Waals surface area contributed by atoms with Crippen LogP contribution < -0.4 is 25.0 Å². The van der Waals surface area contributed by atoms with E-state index >= 15 is 0 Å². The quantitative estimate of drug-likeness (QED) is 0.0771. The van der Waals surface area contributed by atoms with E-state index in [0.717, 1.165) is 0 Å². The monoisotopic (exact) mass is 576 g/mol. The molecule has 2 aliphatic carbocycles. The first-order valence-electron chi connectivity index (χ1n) is 8.33. The summed E-state index contributed by atoms with van der Waals surface area (Å²) in [7, 11) is 0. The van der Waals surface area contributed by atoms with Gasteiger partial charge in [0.25, 0.3) is 0 Å². The van der Waals surface area contributed by atoms with E-state index in [2.05, 4.69) is 26.1 Å². The second kappa shape index (κ2) is 6.18. The van der Waals surface area contributed by atoms with Gasteiger partial charge in [-0.1, -0.05) is 0 Å². The number of carbonyl (C=O) groups excluding carboxylic acids is 3. The number of esters is 3. The van der Waals surface area contributed by atoms with Crippen LogP contribution in [-0.2, 0) is 28.6 Å². The van der Waals surface area contributed by atoms with E-state index in [1.807, 2.05) is 0 Å². The fourth-order valence-electron chi connectivity index (χ4n) is 4.30. The van der Waals surface area contributed by atoms with Gasteiger partial charge in [0.15, 0.2) is 0 Å². The predicted octanol–water partition coefficient (Wildman–Crippen LogP) is -2.22. The molecule has 0 aromatic rings. The number of fused-ring (bicyclic) bond motifs is 1. The summed E-state index contributed by atoms with van der Waals surface area (Å²) in [5.74, 6) is -2.30. The Labute approximate surface area is 170 Å². The van der Waals surface area contributed by atoms with Gasteiger partial charge in [-0.2, -0.15) is 0 Å². The maximum atomic E-state index is 12.7. The van der Waals surface area contributed by atoms with Crippen LogP contribution in [0, 0.1) is 23.7 Å². The molecule has 0 amide bonds. The van der Waals surface area contributed by atoms with Gasteiger partial charge in [-0.3, -0.25) is 0 Å². The molecule has 2 saturated heterocycles. The van der Waals surface area contributed by atoms with Crippen molar-refractivity contribution in [3.8, 4) is 0 Å². The number of hydrogen-bond donors (Lipinski definition) is 1. The minimum absolute atomic E-state index is 0.0491. The molecule has 0 radical (unpaired) electrons. The van der Waals surface area contributed by atoms with E-state index < -0.39 is 29.6 Å². The Bertz CT molecular complexity index is 631. The average molecular weight is 576 g/mol. The van der Waals surface area contributed by atoms with E-state index in [1.165, 1.54) is 0 Å². The standard InChI is InChI=1S/C16H20I2NO6/c1-16(2,3)25-14(21)8-6-4-5-7(8)13(20)23-10(5)11(6)24-15(22)9(17)12-18-19-12/h5-12,19H,4H2,1-3H3/q-1. The van der Waals surface area contributed by atoms with Gasteiger partial charge in [0.05, 0.1) is 0 Å². The molecule has 2 heterocycles. The average Bonchev–Trinajstić information content (AvgIpc) is 3.13. The van der Waals surface area contributed by atoms with Crippen LogP contribution in [0.3, 0.4) is 0 Å². The molecule has 7 nitrogen and oxygen atoms in total. The van der Waals surface area contributed by atoms with E-state index in [0.29, 0.717) is 6.42 Å². The molecule has 25 heavy (non-hydrogen) atoms. The first-order valence-corrected chi connectivity index (χ1v) is 11.9. The van der Waals surface area contributed by atoms with Gasteiger partial charge in [-0.15, -0.1) is 0 Å². The van der Waals surface area contributed by atoms with Crippen LogP contribution in [0.5, 0.6) is 0 Å². The van der Waals surface area contributed by atoms with Crippen molar-refractivity contribution in [1.82, 2.24) is 3.53 Å². The summed E-state index contributed by atoms with van der Waals surface area (Å²) in [5, 5.41) is 0. The number of nitrogens with one attached hydrogen (secondary N) is 1. The molecule has 8 unspecified atom stereocenters. The Balaban J connectivity index is 1.53. The second-order valence-electron chi connectivity index (χ2n) is 7.97. The molecule has 0 aromatic carbocycles. The SMILES string of the molecule is CC(C)(C)OC(=O)C1C2CC3C(OC(=O)C31)C2OC(=O)C(I)C1N[I-]1. The third kappa shape index (κ3) is 3.17. The molecule has 1 N–H and O–H groups in total. The van der Waals surface area contributed by atoms with Crippen LogP contribution in [0.25, 0.3) is 0 Å². The first-order chi connectivity index (χ1) is 11.7. The van der Waals surface area contributed by atoms with Crippen LogP contribution >= 0.6 is 22.6 Å². The van der Waals surface area contributed by atoms with Crippen LogP contribution in [-0.4, -0.2) is 43.7 Å². The van der Waals surface area contributed by atoms with Crippen molar-refractivity contribution in [2.75, 3.05) is 0 Å². The summed E-state index contributed by atoms with van der Waals surface area (Å²) in [5.41, 5.74) is -0.623. The summed E-state index contributed by atoms with van der Waals surface area (Å²) < 4.78 is 20.0. The van der Waals surface area contributed by atoms with Crippen LogP contribution in [0.1, 0.15) is 27.2 Å². The summed E-state index contributed by atoms with van der Waals surface area (Å²) in [6, 6.07) is 0. The zero-order valence-corrected chi connectivity index (χ0v) is 18.3. The molecule has 0 spiro atoms. The van der Waals surface area contributed by atoms with Gasteiger partial charge in [-0.05, 0) is 0 Å². The van der Waals surface area contributed by atoms with E-state index in [4.69, 9.17) is 14.2 Å². The maximum absolute atomic E-state index is 12.7. The van der Waals surface area contributed by atoms with Crippen molar-refractivity contribution < 1.29 is 50.1 Å². The van der Waals surface area contributed by atoms with Crippen molar-refractivity contribution >= 4 is 40.5 Å². The molecule has 4 rings (SSSR count). The van der Waals surface area contributed by atoms with Gasteiger partial charge >= 0.3 is 171 Å². The normalized spacial score (nSPS) is 42.4. The fraction of sp³-hybridized carbons (Fsp3) is 0.812. The van der Waals surface area contributed by atoms with Gasteiger partial charge in [0.1, 0.15) is 0 Å². The van der Waals surface area contributed by atoms with Crippen molar-refractivity contribution in [3.63, 3.8) is 0 Å². The number of rotatable bonds is 4. The topological polar surface area (TPSA) is 101 Å². The predicted molar refractivity (Wildman–Crippen MR) is 88.9 cm³/mol. The molecule has 0 aromatic heterocycles. The molecule has 2 aliphatic heterocycles. The second-order valence-corrected chi connectivity index (χ2v) is 11.9. The Hall–Kier alpha value is -0.170. The van der Waals surface area contributed by atoms with Gasteiger partial charge in [-0.25, -0.2) is 0 Å². The summed E-state index contributed by atoms with van der Waals surface area (Å²) >= 11 is 2.00. The number of carbonyl (C=O) groups is 3. The molecule has 2 bridgehead atoms. The molecule has 9 heteroatoms. The van der Waals surface area contributed by atoms with Gasteiger partial charge in [0.2, 0.25) is 0 Å². The van der Waals surface area contributed by atoms with Crippen molar-refractivity contribution in [3.05, 3.63) is 0 Å². The number of ether oxygens (including phenoxy) is 3. The molecule has 4 fully saturated rings. The van der Waals surface area contributed by atoms with E-state index in [-0.39, 0.29) is 59.2 Å². The molecule has 4 aliphatic rings. The zero-order chi connectivity index (χ0) is 18.1. The zero-order valence-electron chi connectivity index (χ0n) is 14.0. The van der Waals surface area contributed by atoms with Crippen LogP contribution in [0.2, 0.25) is 0 Å². The molecule has 2 saturated carbocycles. The Morgan fingerprint density at radius 1 is 1.36 bits per heavy atom. The number of alkyl halides is 2. The van der Waals surface area contributed by atoms with Crippen LogP contribution in [0.15, 0.2) is 0 Å². The molecule has 140 valence electrons. The minimum atomic E-state index is -0.623. The Morgan fingerprint density at radius 3 is 2.64 bits per heavy atom. The summed E-state index contributed by atoms with van der Waals surface area (Å²) in [6.45, 7) is 5.41. The van der Waals surface area contributed by atoms with Gasteiger partial charge < -0.3 is 0 Å². The number of hydrogen-bond acceptors (Lipinski definition) is 7. The van der Waals surface area contributed by atoms with E-state index in [9.17, 15) is 14.4 Å². The molecular weight excluding hydrogens is 556 g/mol. The van der Waals surface area contributed by atoms with Crippen molar-refractivity contribution in [1.29, 1.82) is 0 Å². The summed E-state index contributed by atoms with van der Waals surface area (Å²) in [4.78, 5) is 37.4. The third-order valence-electron chi connectivity index (χ3n) is 5.19. The fourth-order valence-corrected chi connectivity index (χ4v) is 7.41. The summed E-state index contributed by atoms with van der Waals surface area (Å²) in [6.07, 6.45) is -0.272. The Morgan fingerprint density at radius 2 is 2.04 bits per heavy atom. The third-order valence-corrected chi connectivity index (χ3v) is 9.86. The molecular formula is C16H20I2NO6-. The first kappa shape index (κ1) is 18.2.